The minimum atomic E-state index is -3.72. The molecule has 2 aromatic rings. The predicted molar refractivity (Wildman–Crippen MR) is 116 cm³/mol. The topological polar surface area (TPSA) is 69.7 Å². The first kappa shape index (κ1) is 22.3. The van der Waals surface area contributed by atoms with Gasteiger partial charge in [-0.25, -0.2) is 8.42 Å². The number of amides is 1. The summed E-state index contributed by atoms with van der Waals surface area (Å²) in [5.41, 5.74) is 1.30. The van der Waals surface area contributed by atoms with Crippen molar-refractivity contribution in [1.82, 2.24) is 5.32 Å². The van der Waals surface area contributed by atoms with Gasteiger partial charge in [0.05, 0.1) is 22.0 Å². The molecule has 152 valence electrons. The van der Waals surface area contributed by atoms with E-state index in [0.29, 0.717) is 18.1 Å². The van der Waals surface area contributed by atoms with Gasteiger partial charge in [0.25, 0.3) is 0 Å². The number of likely N-dealkylation sites (N-methyl/N-ethyl adjacent to an activating group) is 1. The number of carbonyl (C=O) groups is 1. The van der Waals surface area contributed by atoms with E-state index < -0.39 is 22.0 Å². The Labute approximate surface area is 176 Å². The van der Waals surface area contributed by atoms with Gasteiger partial charge >= 0.3 is 0 Å². The summed E-state index contributed by atoms with van der Waals surface area (Å²) in [5, 5.41) is 3.30. The van der Waals surface area contributed by atoms with E-state index in [4.69, 9.17) is 23.2 Å². The maximum Gasteiger partial charge on any atom is 0.243 e. The zero-order valence-corrected chi connectivity index (χ0v) is 18.2. The Kier molecular flexibility index (Phi) is 7.57. The van der Waals surface area contributed by atoms with Crippen molar-refractivity contribution < 1.29 is 13.2 Å². The number of hydrogen-bond donors (Lipinski definition) is 1. The summed E-state index contributed by atoms with van der Waals surface area (Å²) in [6.07, 6.45) is 1.04. The van der Waals surface area contributed by atoms with Crippen molar-refractivity contribution in [1.29, 1.82) is 0 Å². The largest absolute Gasteiger partial charge is 0.373 e. The lowest BCUT2D eigenvalue weighted by molar-refractivity contribution is -0.121. The quantitative estimate of drug-likeness (QED) is 0.678. The van der Waals surface area contributed by atoms with Crippen molar-refractivity contribution in [2.75, 3.05) is 35.6 Å². The highest BCUT2D eigenvalue weighted by Crippen LogP contribution is 2.29. The number of rotatable bonds is 8. The normalized spacial score (nSPS) is 12.3. The molecule has 9 heteroatoms. The molecule has 0 aliphatic heterocycles. The number of benzene rings is 2. The Hall–Kier alpha value is -1.96. The van der Waals surface area contributed by atoms with Crippen LogP contribution in [0.5, 0.6) is 0 Å². The van der Waals surface area contributed by atoms with Gasteiger partial charge in [0.1, 0.15) is 6.04 Å². The van der Waals surface area contributed by atoms with Gasteiger partial charge in [-0.3, -0.25) is 9.10 Å². The molecule has 0 radical (unpaired) electrons. The Morgan fingerprint density at radius 2 is 1.71 bits per heavy atom. The highest BCUT2D eigenvalue weighted by molar-refractivity contribution is 7.92. The maximum atomic E-state index is 12.6. The zero-order valence-electron chi connectivity index (χ0n) is 15.9. The minimum absolute atomic E-state index is 0.213. The smallest absolute Gasteiger partial charge is 0.243 e. The van der Waals surface area contributed by atoms with Crippen LogP contribution in [0.2, 0.25) is 10.0 Å². The van der Waals surface area contributed by atoms with Crippen LogP contribution in [0, 0.1) is 0 Å². The molecule has 28 heavy (non-hydrogen) atoms. The molecular weight excluding hydrogens is 421 g/mol. The van der Waals surface area contributed by atoms with E-state index in [1.807, 2.05) is 42.3 Å². The molecule has 6 nitrogen and oxygen atoms in total. The van der Waals surface area contributed by atoms with Gasteiger partial charge < -0.3 is 10.2 Å². The molecule has 0 aliphatic carbocycles. The number of halogens is 2. The molecule has 1 amide bonds. The number of anilines is 2. The number of carbonyl (C=O) groups excluding carboxylic acids is 1. The van der Waals surface area contributed by atoms with Gasteiger partial charge in [0, 0.05) is 25.8 Å². The van der Waals surface area contributed by atoms with Crippen molar-refractivity contribution in [3.05, 3.63) is 58.6 Å². The van der Waals surface area contributed by atoms with Crippen LogP contribution >= 0.6 is 23.2 Å². The number of nitrogens with zero attached hydrogens (tertiary/aromatic N) is 2. The lowest BCUT2D eigenvalue weighted by Gasteiger charge is -2.29. The molecule has 0 spiro atoms. The molecule has 0 bridgehead atoms. The summed E-state index contributed by atoms with van der Waals surface area (Å²) < 4.78 is 25.6. The minimum Gasteiger partial charge on any atom is -0.373 e. The molecule has 0 saturated carbocycles. The fourth-order valence-corrected chi connectivity index (χ4v) is 4.20. The lowest BCUT2D eigenvalue weighted by atomic mass is 10.2. The van der Waals surface area contributed by atoms with E-state index in [0.717, 1.165) is 16.2 Å². The summed E-state index contributed by atoms with van der Waals surface area (Å²) in [6.45, 7) is 2.47. The Morgan fingerprint density at radius 1 is 1.07 bits per heavy atom. The van der Waals surface area contributed by atoms with E-state index in [1.165, 1.54) is 25.1 Å². The van der Waals surface area contributed by atoms with Crippen LogP contribution in [0.1, 0.15) is 6.92 Å². The van der Waals surface area contributed by atoms with Crippen LogP contribution in [-0.4, -0.2) is 46.8 Å². The molecular formula is C19H23Cl2N3O3S. The molecule has 1 atom stereocenters. The zero-order chi connectivity index (χ0) is 20.9. The monoisotopic (exact) mass is 443 g/mol. The predicted octanol–water partition coefficient (Wildman–Crippen LogP) is 3.40. The van der Waals surface area contributed by atoms with Crippen LogP contribution in [0.15, 0.2) is 48.5 Å². The van der Waals surface area contributed by atoms with E-state index >= 15 is 0 Å². The molecule has 0 aromatic heterocycles. The second-order valence-electron chi connectivity index (χ2n) is 6.38. The van der Waals surface area contributed by atoms with Crippen LogP contribution in [0.25, 0.3) is 0 Å². The van der Waals surface area contributed by atoms with Crippen LogP contribution in [0.4, 0.5) is 11.4 Å². The fraction of sp³-hybridized carbons (Fsp3) is 0.316. The molecule has 1 N–H and O–H groups in total. The third-order valence-electron chi connectivity index (χ3n) is 4.19. The summed E-state index contributed by atoms with van der Waals surface area (Å²) in [7, 11) is -1.80. The SMILES string of the molecule is CC(C(=O)NCCN(C)c1ccccc1)N(c1ccc(Cl)c(Cl)c1)S(C)(=O)=O. The van der Waals surface area contributed by atoms with Crippen LogP contribution in [0.3, 0.4) is 0 Å². The third-order valence-corrected chi connectivity index (χ3v) is 6.17. The maximum absolute atomic E-state index is 12.6. The van der Waals surface area contributed by atoms with E-state index in [-0.39, 0.29) is 10.7 Å². The van der Waals surface area contributed by atoms with Gasteiger partial charge in [-0.1, -0.05) is 41.4 Å². The number of nitrogens with one attached hydrogen (secondary N) is 1. The Bertz CT molecular complexity index is 923. The Balaban J connectivity index is 2.06. The van der Waals surface area contributed by atoms with Crippen molar-refractivity contribution >= 4 is 50.5 Å². The highest BCUT2D eigenvalue weighted by Gasteiger charge is 2.29. The first-order chi connectivity index (χ1) is 13.1. The second kappa shape index (κ2) is 9.49. The van der Waals surface area contributed by atoms with Crippen LogP contribution < -0.4 is 14.5 Å². The standard InChI is InChI=1S/C19H23Cl2N3O3S/c1-14(19(25)22-11-12-23(2)15-7-5-4-6-8-15)24(28(3,26)27)16-9-10-17(20)18(21)13-16/h4-10,13-14H,11-12H2,1-3H3,(H,22,25). The van der Waals surface area contributed by atoms with E-state index in [2.05, 4.69) is 5.32 Å². The summed E-state index contributed by atoms with van der Waals surface area (Å²) in [5.74, 6) is -0.405. The molecule has 0 aliphatic rings. The van der Waals surface area contributed by atoms with Gasteiger partial charge in [-0.15, -0.1) is 0 Å². The fourth-order valence-electron chi connectivity index (χ4n) is 2.74. The van der Waals surface area contributed by atoms with Crippen LogP contribution in [-0.2, 0) is 14.8 Å². The van der Waals surface area contributed by atoms with E-state index in [9.17, 15) is 13.2 Å². The molecule has 0 saturated heterocycles. The molecule has 1 unspecified atom stereocenters. The van der Waals surface area contributed by atoms with Crippen molar-refractivity contribution in [3.63, 3.8) is 0 Å². The molecule has 0 fully saturated rings. The first-order valence-corrected chi connectivity index (χ1v) is 11.2. The molecule has 0 heterocycles. The van der Waals surface area contributed by atoms with Crippen molar-refractivity contribution in [2.45, 2.75) is 13.0 Å². The highest BCUT2D eigenvalue weighted by atomic mass is 35.5. The Morgan fingerprint density at radius 3 is 2.29 bits per heavy atom. The summed E-state index contributed by atoms with van der Waals surface area (Å²) in [4.78, 5) is 14.6. The number of sulfonamides is 1. The average molecular weight is 444 g/mol. The lowest BCUT2D eigenvalue weighted by Crippen LogP contribution is -2.49. The number of para-hydroxylation sites is 1. The average Bonchev–Trinajstić information content (AvgIpc) is 2.64. The molecule has 2 rings (SSSR count). The van der Waals surface area contributed by atoms with Gasteiger partial charge in [-0.05, 0) is 37.3 Å². The summed E-state index contributed by atoms with van der Waals surface area (Å²) >= 11 is 11.9. The first-order valence-electron chi connectivity index (χ1n) is 8.59. The molecule has 2 aromatic carbocycles. The van der Waals surface area contributed by atoms with E-state index in [1.54, 1.807) is 0 Å². The van der Waals surface area contributed by atoms with Gasteiger partial charge in [0.2, 0.25) is 15.9 Å². The van der Waals surface area contributed by atoms with Crippen molar-refractivity contribution in [3.8, 4) is 0 Å². The van der Waals surface area contributed by atoms with Gasteiger partial charge in [0.15, 0.2) is 0 Å². The second-order valence-corrected chi connectivity index (χ2v) is 9.06. The van der Waals surface area contributed by atoms with Gasteiger partial charge in [-0.2, -0.15) is 0 Å². The number of hydrogen-bond acceptors (Lipinski definition) is 4. The summed E-state index contributed by atoms with van der Waals surface area (Å²) in [6, 6.07) is 13.2. The van der Waals surface area contributed by atoms with Crippen molar-refractivity contribution in [2.24, 2.45) is 0 Å². The third kappa shape index (κ3) is 5.77.